The third kappa shape index (κ3) is 7.37. The highest BCUT2D eigenvalue weighted by Crippen LogP contribution is 2.00. The molecule has 0 heterocycles. The Bertz CT molecular complexity index is 431. The molecule has 0 aromatic rings. The molecule has 7 heteroatoms. The Morgan fingerprint density at radius 3 is 1.95 bits per heavy atom. The van der Waals surface area contributed by atoms with Crippen molar-refractivity contribution < 1.29 is 33.9 Å². The average molecular weight is 270 g/mol. The smallest absolute Gasteiger partial charge is 0.242 e. The molecule has 0 aliphatic heterocycles. The van der Waals surface area contributed by atoms with E-state index >= 15 is 0 Å². The second kappa shape index (κ2) is 8.51. The summed E-state index contributed by atoms with van der Waals surface area (Å²) in [5, 5.41) is 0. The molecule has 0 bridgehead atoms. The number of allylic oxidation sites excluding steroid dienone is 3. The minimum Gasteiger partial charge on any atom is -0.242 e. The van der Waals surface area contributed by atoms with Gasteiger partial charge in [0.25, 0.3) is 0 Å². The lowest BCUT2D eigenvalue weighted by molar-refractivity contribution is -0.289. The van der Waals surface area contributed by atoms with E-state index in [0.717, 1.165) is 0 Å². The van der Waals surface area contributed by atoms with Crippen LogP contribution in [-0.4, -0.2) is 18.1 Å². The minimum absolute atomic E-state index is 0.0231. The van der Waals surface area contributed by atoms with E-state index in [1.807, 2.05) is 0 Å². The SMILES string of the molecule is C=C(C)C(=O)OOC(=O)OOC(=O)/C(C)=C/C=C/C. The third-order valence-corrected chi connectivity index (χ3v) is 1.58. The Morgan fingerprint density at radius 2 is 1.47 bits per heavy atom. The van der Waals surface area contributed by atoms with Crippen LogP contribution in [0, 0.1) is 0 Å². The van der Waals surface area contributed by atoms with Gasteiger partial charge in [-0.3, -0.25) is 0 Å². The molecule has 0 fully saturated rings. The van der Waals surface area contributed by atoms with Gasteiger partial charge in [-0.25, -0.2) is 29.1 Å². The van der Waals surface area contributed by atoms with Crippen molar-refractivity contribution in [2.24, 2.45) is 0 Å². The summed E-state index contributed by atoms with van der Waals surface area (Å²) in [6.07, 6.45) is 3.26. The molecule has 0 rings (SSSR count). The molecule has 7 nitrogen and oxygen atoms in total. The number of carbonyl (C=O) groups is 3. The van der Waals surface area contributed by atoms with Gasteiger partial charge in [0.1, 0.15) is 0 Å². The normalized spacial score (nSPS) is 10.8. The Kier molecular flexibility index (Phi) is 7.36. The second-order valence-corrected chi connectivity index (χ2v) is 3.31. The van der Waals surface area contributed by atoms with Crippen molar-refractivity contribution in [3.63, 3.8) is 0 Å². The Balaban J connectivity index is 4.07. The Labute approximate surface area is 109 Å². The van der Waals surface area contributed by atoms with Gasteiger partial charge in [-0.2, -0.15) is 4.79 Å². The zero-order valence-corrected chi connectivity index (χ0v) is 10.8. The summed E-state index contributed by atoms with van der Waals surface area (Å²) in [6, 6.07) is 0. The van der Waals surface area contributed by atoms with E-state index in [2.05, 4.69) is 26.1 Å². The molecule has 0 spiro atoms. The molecule has 0 unspecified atom stereocenters. The molecule has 0 aromatic heterocycles. The molecular weight excluding hydrogens is 256 g/mol. The largest absolute Gasteiger partial charge is 0.592 e. The highest BCUT2D eigenvalue weighted by molar-refractivity contribution is 5.88. The average Bonchev–Trinajstić information content (AvgIpc) is 2.38. The van der Waals surface area contributed by atoms with Gasteiger partial charge in [-0.15, -0.1) is 0 Å². The molecule has 0 aromatic carbocycles. The van der Waals surface area contributed by atoms with Crippen LogP contribution >= 0.6 is 0 Å². The molecule has 19 heavy (non-hydrogen) atoms. The number of hydrogen-bond donors (Lipinski definition) is 0. The molecule has 0 N–H and O–H groups in total. The Hall–Kier alpha value is -2.57. The van der Waals surface area contributed by atoms with Crippen LogP contribution in [0.5, 0.6) is 0 Å². The van der Waals surface area contributed by atoms with Crippen LogP contribution in [0.2, 0.25) is 0 Å². The maximum Gasteiger partial charge on any atom is 0.592 e. The first-order valence-corrected chi connectivity index (χ1v) is 5.15. The second-order valence-electron chi connectivity index (χ2n) is 3.31. The van der Waals surface area contributed by atoms with Crippen LogP contribution < -0.4 is 0 Å². The summed E-state index contributed by atoms with van der Waals surface area (Å²) >= 11 is 0. The van der Waals surface area contributed by atoms with E-state index in [1.54, 1.807) is 19.1 Å². The van der Waals surface area contributed by atoms with Crippen LogP contribution in [0.1, 0.15) is 20.8 Å². The zero-order chi connectivity index (χ0) is 14.8. The molecule has 0 saturated heterocycles. The molecule has 0 aliphatic rings. The molecular formula is C12H14O7. The van der Waals surface area contributed by atoms with Crippen molar-refractivity contribution in [2.75, 3.05) is 0 Å². The van der Waals surface area contributed by atoms with E-state index in [0.29, 0.717) is 0 Å². The summed E-state index contributed by atoms with van der Waals surface area (Å²) in [4.78, 5) is 48.9. The van der Waals surface area contributed by atoms with Crippen molar-refractivity contribution in [2.45, 2.75) is 20.8 Å². The summed E-state index contributed by atoms with van der Waals surface area (Å²) in [7, 11) is 0. The Morgan fingerprint density at radius 1 is 0.947 bits per heavy atom. The third-order valence-electron chi connectivity index (χ3n) is 1.58. The van der Waals surface area contributed by atoms with E-state index < -0.39 is 18.1 Å². The molecule has 0 atom stereocenters. The fourth-order valence-electron chi connectivity index (χ4n) is 0.603. The number of hydrogen-bond acceptors (Lipinski definition) is 7. The van der Waals surface area contributed by atoms with Gasteiger partial charge in [-0.1, -0.05) is 24.8 Å². The standard InChI is InChI=1S/C12H14O7/c1-5-6-7-9(4)11(14)17-19-12(15)18-16-10(13)8(2)3/h5-7H,2H2,1,3-4H3/b6-5+,9-7+. The highest BCUT2D eigenvalue weighted by atomic mass is 17.3. The van der Waals surface area contributed by atoms with Gasteiger partial charge < -0.3 is 0 Å². The molecule has 0 radical (unpaired) electrons. The lowest BCUT2D eigenvalue weighted by atomic mass is 10.3. The highest BCUT2D eigenvalue weighted by Gasteiger charge is 2.15. The first-order chi connectivity index (χ1) is 8.88. The number of rotatable bonds is 3. The van der Waals surface area contributed by atoms with Crippen LogP contribution in [0.25, 0.3) is 0 Å². The van der Waals surface area contributed by atoms with Crippen molar-refractivity contribution in [1.82, 2.24) is 0 Å². The van der Waals surface area contributed by atoms with Crippen molar-refractivity contribution in [3.05, 3.63) is 36.0 Å². The van der Waals surface area contributed by atoms with Crippen molar-refractivity contribution >= 4 is 18.1 Å². The van der Waals surface area contributed by atoms with Crippen molar-refractivity contribution in [3.8, 4) is 0 Å². The number of carbonyl (C=O) groups excluding carboxylic acids is 3. The molecule has 0 saturated carbocycles. The van der Waals surface area contributed by atoms with Gasteiger partial charge in [0.2, 0.25) is 0 Å². The van der Waals surface area contributed by atoms with E-state index in [4.69, 9.17) is 0 Å². The van der Waals surface area contributed by atoms with E-state index in [-0.39, 0.29) is 11.1 Å². The predicted octanol–water partition coefficient (Wildman–Crippen LogP) is 2.15. The predicted molar refractivity (Wildman–Crippen MR) is 63.1 cm³/mol. The summed E-state index contributed by atoms with van der Waals surface area (Å²) in [5.41, 5.74) is 0.222. The van der Waals surface area contributed by atoms with E-state index in [1.165, 1.54) is 19.9 Å². The van der Waals surface area contributed by atoms with Gasteiger partial charge in [0.05, 0.1) is 0 Å². The zero-order valence-electron chi connectivity index (χ0n) is 10.8. The first-order valence-electron chi connectivity index (χ1n) is 5.15. The fourth-order valence-corrected chi connectivity index (χ4v) is 0.603. The lowest BCUT2D eigenvalue weighted by Gasteiger charge is -2.02. The summed E-state index contributed by atoms with van der Waals surface area (Å²) in [5.74, 6) is -1.84. The van der Waals surface area contributed by atoms with Gasteiger partial charge >= 0.3 is 18.1 Å². The minimum atomic E-state index is -1.50. The molecule has 0 amide bonds. The topological polar surface area (TPSA) is 88.1 Å². The fraction of sp³-hybridized carbons (Fsp3) is 0.250. The molecule has 0 aliphatic carbocycles. The summed E-state index contributed by atoms with van der Waals surface area (Å²) in [6.45, 7) is 7.83. The maximum atomic E-state index is 11.2. The first kappa shape index (κ1) is 16.4. The maximum absolute atomic E-state index is 11.2. The van der Waals surface area contributed by atoms with Crippen LogP contribution in [0.3, 0.4) is 0 Å². The summed E-state index contributed by atoms with van der Waals surface area (Å²) < 4.78 is 0. The van der Waals surface area contributed by atoms with Crippen molar-refractivity contribution in [1.29, 1.82) is 0 Å². The van der Waals surface area contributed by atoms with Gasteiger partial charge in [-0.05, 0) is 20.8 Å². The quantitative estimate of drug-likeness (QED) is 0.336. The lowest BCUT2D eigenvalue weighted by Crippen LogP contribution is -2.16. The monoisotopic (exact) mass is 270 g/mol. The van der Waals surface area contributed by atoms with Gasteiger partial charge in [0, 0.05) is 11.1 Å². The van der Waals surface area contributed by atoms with Crippen LogP contribution in [0.15, 0.2) is 36.0 Å². The molecule has 104 valence electrons. The van der Waals surface area contributed by atoms with E-state index in [9.17, 15) is 14.4 Å². The van der Waals surface area contributed by atoms with Crippen LogP contribution in [0.4, 0.5) is 4.79 Å². The van der Waals surface area contributed by atoms with Crippen LogP contribution in [-0.2, 0) is 29.1 Å². The van der Waals surface area contributed by atoms with Gasteiger partial charge in [0.15, 0.2) is 0 Å².